The van der Waals surface area contributed by atoms with Crippen LogP contribution in [0.4, 0.5) is 0 Å². The number of benzene rings is 1. The molecule has 0 unspecified atom stereocenters. The van der Waals surface area contributed by atoms with E-state index in [1.807, 2.05) is 25.1 Å². The Bertz CT molecular complexity index is 405. The average molecular weight is 369 g/mol. The predicted molar refractivity (Wildman–Crippen MR) is 60.6 cm³/mol. The van der Waals surface area contributed by atoms with Gasteiger partial charge in [0, 0.05) is 0 Å². The molecule has 0 heterocycles. The van der Waals surface area contributed by atoms with Gasteiger partial charge in [-0.15, -0.1) is 0 Å². The molecule has 2 heteroatoms. The Morgan fingerprint density at radius 3 is 2.67 bits per heavy atom. The van der Waals surface area contributed by atoms with Crippen molar-refractivity contribution in [3.63, 3.8) is 0 Å². The third-order valence-corrected chi connectivity index (χ3v) is 2.64. The molecule has 78 valence electrons. The van der Waals surface area contributed by atoms with Crippen LogP contribution in [0.3, 0.4) is 0 Å². The zero-order valence-corrected chi connectivity index (χ0v) is 11.8. The molecule has 0 aromatic heterocycles. The quantitative estimate of drug-likeness (QED) is 0.586. The second-order valence-corrected chi connectivity index (χ2v) is 4.09. The van der Waals surface area contributed by atoms with Crippen LogP contribution in [0.5, 0.6) is 5.75 Å². The average Bonchev–Trinajstić information content (AvgIpc) is 2.25. The fourth-order valence-corrected chi connectivity index (χ4v) is 1.91. The van der Waals surface area contributed by atoms with Crippen molar-refractivity contribution < 1.29 is 24.1 Å². The zero-order valence-electron chi connectivity index (χ0n) is 8.86. The summed E-state index contributed by atoms with van der Waals surface area (Å²) in [6.45, 7) is 7.60. The summed E-state index contributed by atoms with van der Waals surface area (Å²) in [5, 5.41) is 0. The van der Waals surface area contributed by atoms with E-state index in [0.717, 1.165) is 22.4 Å². The molecule has 0 N–H and O–H groups in total. The van der Waals surface area contributed by atoms with Crippen molar-refractivity contribution in [2.45, 2.75) is 6.92 Å². The Hall–Kier alpha value is -0.942. The van der Waals surface area contributed by atoms with Crippen LogP contribution in [0.25, 0.3) is 5.57 Å². The van der Waals surface area contributed by atoms with Crippen LogP contribution in [-0.2, 0) is 19.4 Å². The Kier molecular flexibility index (Phi) is 4.71. The van der Waals surface area contributed by atoms with Crippen LogP contribution >= 0.6 is 0 Å². The first-order valence-electron chi connectivity index (χ1n) is 4.58. The summed E-state index contributed by atoms with van der Waals surface area (Å²) in [5.41, 5.74) is 3.27. The van der Waals surface area contributed by atoms with E-state index in [1.165, 1.54) is 19.4 Å². The second kappa shape index (κ2) is 5.82. The summed E-state index contributed by atoms with van der Waals surface area (Å²) < 4.78 is 7.26. The summed E-state index contributed by atoms with van der Waals surface area (Å²) in [7, 11) is 1.68. The first kappa shape index (κ1) is 12.1. The van der Waals surface area contributed by atoms with Gasteiger partial charge in [0.2, 0.25) is 0 Å². The molecular formula is C13H13OW-. The molecular weight excluding hydrogens is 356 g/mol. The van der Waals surface area contributed by atoms with E-state index in [0.29, 0.717) is 0 Å². The maximum absolute atomic E-state index is 5.58. The molecule has 0 saturated heterocycles. The molecule has 0 saturated carbocycles. The molecule has 0 aliphatic heterocycles. The topological polar surface area (TPSA) is 9.23 Å². The molecule has 15 heavy (non-hydrogen) atoms. The number of hydrogen-bond acceptors (Lipinski definition) is 1. The van der Waals surface area contributed by atoms with Gasteiger partial charge in [-0.05, 0) is 0 Å². The molecule has 0 spiro atoms. The van der Waals surface area contributed by atoms with Crippen LogP contribution in [0.15, 0.2) is 30.4 Å². The number of methoxy groups -OCH3 is 1. The summed E-state index contributed by atoms with van der Waals surface area (Å²) in [5.74, 6) is 0.904. The molecule has 0 amide bonds. The fourth-order valence-electron chi connectivity index (χ4n) is 1.38. The van der Waals surface area contributed by atoms with Gasteiger partial charge in [-0.3, -0.25) is 0 Å². The molecule has 0 aliphatic carbocycles. The van der Waals surface area contributed by atoms with Crippen molar-refractivity contribution in [3.05, 3.63) is 48.1 Å². The first-order chi connectivity index (χ1) is 7.22. The SMILES string of the molecule is [CH-]=C/C(=C\[CH]=[W])c1ccc(OC)c(C)c1. The van der Waals surface area contributed by atoms with Crippen molar-refractivity contribution in [1.82, 2.24) is 0 Å². The number of ether oxygens (including phenoxy) is 1. The molecule has 0 bridgehead atoms. The third-order valence-electron chi connectivity index (χ3n) is 2.16. The number of hydrogen-bond donors (Lipinski definition) is 0. The van der Waals surface area contributed by atoms with E-state index in [1.54, 1.807) is 13.2 Å². The summed E-state index contributed by atoms with van der Waals surface area (Å²) in [4.78, 5) is 0. The summed E-state index contributed by atoms with van der Waals surface area (Å²) >= 11 is 1.41. The van der Waals surface area contributed by atoms with Gasteiger partial charge in [0.05, 0.1) is 0 Å². The Labute approximate surface area is 102 Å². The minimum absolute atomic E-state index is 0.904. The van der Waals surface area contributed by atoms with Crippen molar-refractivity contribution in [2.24, 2.45) is 0 Å². The van der Waals surface area contributed by atoms with E-state index in [2.05, 4.69) is 10.5 Å². The van der Waals surface area contributed by atoms with Crippen LogP contribution in [0, 0.1) is 13.5 Å². The molecule has 0 radical (unpaired) electrons. The van der Waals surface area contributed by atoms with Gasteiger partial charge < -0.3 is 0 Å². The molecule has 1 aromatic carbocycles. The van der Waals surface area contributed by atoms with Gasteiger partial charge in [-0.1, -0.05) is 0 Å². The Balaban J connectivity index is 3.16. The number of allylic oxidation sites excluding steroid dienone is 3. The Morgan fingerprint density at radius 2 is 2.20 bits per heavy atom. The molecule has 1 rings (SSSR count). The standard InChI is InChI=1S/C13H13O.W/c1-5-11(6-2)12-7-8-13(14-4)10(3)9-12;/h1-2,5-9H,3-4H3;/q-1;/b11-5+;. The summed E-state index contributed by atoms with van der Waals surface area (Å²) in [6, 6.07) is 6.05. The van der Waals surface area contributed by atoms with Gasteiger partial charge in [0.1, 0.15) is 0 Å². The van der Waals surface area contributed by atoms with Crippen LogP contribution in [0.2, 0.25) is 0 Å². The number of aryl methyl sites for hydroxylation is 1. The van der Waals surface area contributed by atoms with Crippen molar-refractivity contribution in [3.8, 4) is 5.75 Å². The zero-order chi connectivity index (χ0) is 11.3. The van der Waals surface area contributed by atoms with Crippen molar-refractivity contribution >= 4 is 9.97 Å². The molecule has 0 atom stereocenters. The van der Waals surface area contributed by atoms with Gasteiger partial charge in [0.15, 0.2) is 0 Å². The first-order valence-corrected chi connectivity index (χ1v) is 6.27. The fraction of sp³-hybridized carbons (Fsp3) is 0.154. The van der Waals surface area contributed by atoms with Gasteiger partial charge >= 0.3 is 102 Å². The third kappa shape index (κ3) is 3.00. The van der Waals surface area contributed by atoms with E-state index in [-0.39, 0.29) is 0 Å². The summed E-state index contributed by atoms with van der Waals surface area (Å²) in [6.07, 6.45) is 3.65. The minimum atomic E-state index is 0.904. The van der Waals surface area contributed by atoms with E-state index in [9.17, 15) is 0 Å². The molecule has 1 nitrogen and oxygen atoms in total. The molecule has 0 aliphatic rings. The molecule has 0 fully saturated rings. The monoisotopic (exact) mass is 369 g/mol. The number of rotatable bonds is 4. The van der Waals surface area contributed by atoms with Crippen molar-refractivity contribution in [1.29, 1.82) is 0 Å². The predicted octanol–water partition coefficient (Wildman–Crippen LogP) is 2.73. The van der Waals surface area contributed by atoms with Gasteiger partial charge in [-0.2, -0.15) is 0 Å². The van der Waals surface area contributed by atoms with Gasteiger partial charge in [0.25, 0.3) is 0 Å². The second-order valence-electron chi connectivity index (χ2n) is 3.11. The normalized spacial score (nSPS) is 10.9. The van der Waals surface area contributed by atoms with E-state index in [4.69, 9.17) is 11.3 Å². The Morgan fingerprint density at radius 1 is 1.47 bits per heavy atom. The van der Waals surface area contributed by atoms with E-state index >= 15 is 0 Å². The van der Waals surface area contributed by atoms with Crippen LogP contribution in [0.1, 0.15) is 11.1 Å². The van der Waals surface area contributed by atoms with Crippen LogP contribution in [-0.4, -0.2) is 11.5 Å². The van der Waals surface area contributed by atoms with Crippen LogP contribution < -0.4 is 4.74 Å². The van der Waals surface area contributed by atoms with Gasteiger partial charge in [-0.25, -0.2) is 0 Å². The van der Waals surface area contributed by atoms with Crippen molar-refractivity contribution in [2.75, 3.05) is 7.11 Å². The maximum atomic E-state index is 5.58. The van der Waals surface area contributed by atoms with E-state index < -0.39 is 0 Å². The molecule has 1 aromatic rings.